The second-order valence-corrected chi connectivity index (χ2v) is 4.69. The molecule has 4 nitrogen and oxygen atoms in total. The molecule has 2 saturated heterocycles. The summed E-state index contributed by atoms with van der Waals surface area (Å²) in [4.78, 5) is 5.83. The van der Waals surface area contributed by atoms with Gasteiger partial charge >= 0.3 is 0 Å². The Hall–Kier alpha value is -1.67. The van der Waals surface area contributed by atoms with E-state index in [9.17, 15) is 4.39 Å². The van der Waals surface area contributed by atoms with Gasteiger partial charge in [0.05, 0.1) is 11.9 Å². The van der Waals surface area contributed by atoms with Gasteiger partial charge < -0.3 is 10.2 Å². The van der Waals surface area contributed by atoms with Crippen molar-refractivity contribution in [3.05, 3.63) is 23.8 Å². The van der Waals surface area contributed by atoms with E-state index in [-0.39, 0.29) is 5.56 Å². The monoisotopic (exact) mass is 232 g/mol. The fourth-order valence-electron chi connectivity index (χ4n) is 2.70. The van der Waals surface area contributed by atoms with Gasteiger partial charge in [0.15, 0.2) is 0 Å². The first-order valence-electron chi connectivity index (χ1n) is 5.83. The summed E-state index contributed by atoms with van der Waals surface area (Å²) >= 11 is 0. The number of rotatable bonds is 1. The predicted molar refractivity (Wildman–Crippen MR) is 61.1 cm³/mol. The van der Waals surface area contributed by atoms with Gasteiger partial charge in [0.25, 0.3) is 0 Å². The number of nitrogens with one attached hydrogen (secondary N) is 1. The van der Waals surface area contributed by atoms with Gasteiger partial charge in [-0.3, -0.25) is 0 Å². The predicted octanol–water partition coefficient (Wildman–Crippen LogP) is 1.03. The normalized spacial score (nSPS) is 26.9. The first-order chi connectivity index (χ1) is 8.26. The largest absolute Gasteiger partial charge is 0.367 e. The number of hydrogen-bond acceptors (Lipinski definition) is 4. The Bertz CT molecular complexity index is 470. The van der Waals surface area contributed by atoms with Gasteiger partial charge in [0.2, 0.25) is 5.95 Å². The van der Waals surface area contributed by atoms with Gasteiger partial charge in [-0.05, 0) is 18.9 Å². The molecule has 1 aromatic heterocycles. The van der Waals surface area contributed by atoms with Crippen LogP contribution in [0.15, 0.2) is 12.3 Å². The number of anilines is 1. The Morgan fingerprint density at radius 3 is 2.76 bits per heavy atom. The smallest absolute Gasteiger partial charge is 0.230 e. The SMILES string of the molecule is N#Cc1cc(N2CC3CCC(C2)N3)cnc1F. The lowest BCUT2D eigenvalue weighted by Gasteiger charge is -2.34. The van der Waals surface area contributed by atoms with E-state index in [1.54, 1.807) is 6.07 Å². The van der Waals surface area contributed by atoms with Crippen molar-refractivity contribution < 1.29 is 4.39 Å². The molecule has 3 rings (SSSR count). The topological polar surface area (TPSA) is 52.0 Å². The standard InChI is InChI=1S/C12H13FN4/c13-12-8(4-14)3-11(5-15-12)17-6-9-1-2-10(7-17)16-9/h3,5,9-10,16H,1-2,6-7H2. The molecule has 0 radical (unpaired) electrons. The lowest BCUT2D eigenvalue weighted by molar-refractivity contribution is 0.465. The van der Waals surface area contributed by atoms with Crippen LogP contribution >= 0.6 is 0 Å². The van der Waals surface area contributed by atoms with Crippen molar-refractivity contribution >= 4 is 5.69 Å². The third-order valence-electron chi connectivity index (χ3n) is 3.53. The van der Waals surface area contributed by atoms with E-state index in [0.717, 1.165) is 18.8 Å². The zero-order valence-corrected chi connectivity index (χ0v) is 9.36. The molecule has 0 amide bonds. The average molecular weight is 232 g/mol. The van der Waals surface area contributed by atoms with Crippen LogP contribution in [0.1, 0.15) is 18.4 Å². The van der Waals surface area contributed by atoms with Crippen molar-refractivity contribution in [3.8, 4) is 6.07 Å². The first-order valence-corrected chi connectivity index (χ1v) is 5.83. The van der Waals surface area contributed by atoms with Crippen molar-refractivity contribution in [1.29, 1.82) is 5.26 Å². The van der Waals surface area contributed by atoms with Crippen molar-refractivity contribution in [1.82, 2.24) is 10.3 Å². The van der Waals surface area contributed by atoms with Gasteiger partial charge in [-0.25, -0.2) is 4.98 Å². The summed E-state index contributed by atoms with van der Waals surface area (Å²) in [5.41, 5.74) is 0.870. The van der Waals surface area contributed by atoms with Crippen LogP contribution in [-0.4, -0.2) is 30.2 Å². The highest BCUT2D eigenvalue weighted by Crippen LogP contribution is 2.25. The molecule has 2 atom stereocenters. The van der Waals surface area contributed by atoms with Gasteiger partial charge in [-0.15, -0.1) is 0 Å². The fourth-order valence-corrected chi connectivity index (χ4v) is 2.70. The molecule has 2 unspecified atom stereocenters. The molecule has 17 heavy (non-hydrogen) atoms. The summed E-state index contributed by atoms with van der Waals surface area (Å²) in [7, 11) is 0. The van der Waals surface area contributed by atoms with Crippen LogP contribution in [0.2, 0.25) is 0 Å². The van der Waals surface area contributed by atoms with Crippen LogP contribution in [-0.2, 0) is 0 Å². The summed E-state index contributed by atoms with van der Waals surface area (Å²) in [5.74, 6) is -0.686. The molecule has 0 aromatic carbocycles. The van der Waals surface area contributed by atoms with Gasteiger partial charge in [0, 0.05) is 25.2 Å². The molecule has 5 heteroatoms. The average Bonchev–Trinajstić information content (AvgIpc) is 2.69. The molecule has 1 aromatic rings. The number of piperazine rings is 1. The third kappa shape index (κ3) is 1.85. The van der Waals surface area contributed by atoms with E-state index in [4.69, 9.17) is 5.26 Å². The van der Waals surface area contributed by atoms with Crippen LogP contribution in [0.4, 0.5) is 10.1 Å². The van der Waals surface area contributed by atoms with Crippen molar-refractivity contribution in [2.75, 3.05) is 18.0 Å². The lowest BCUT2D eigenvalue weighted by atomic mass is 10.2. The molecule has 3 heterocycles. The Morgan fingerprint density at radius 1 is 1.41 bits per heavy atom. The van der Waals surface area contributed by atoms with E-state index in [1.165, 1.54) is 19.0 Å². The molecule has 2 aliphatic heterocycles. The lowest BCUT2D eigenvalue weighted by Crippen LogP contribution is -2.51. The molecule has 0 aliphatic carbocycles. The van der Waals surface area contributed by atoms with Crippen molar-refractivity contribution in [2.45, 2.75) is 24.9 Å². The molecule has 2 fully saturated rings. The number of pyridine rings is 1. The quantitative estimate of drug-likeness (QED) is 0.735. The highest BCUT2D eigenvalue weighted by atomic mass is 19.1. The van der Waals surface area contributed by atoms with E-state index in [0.29, 0.717) is 12.1 Å². The molecule has 0 saturated carbocycles. The highest BCUT2D eigenvalue weighted by molar-refractivity contribution is 5.50. The summed E-state index contributed by atoms with van der Waals surface area (Å²) < 4.78 is 13.1. The molecule has 2 aliphatic rings. The van der Waals surface area contributed by atoms with Crippen molar-refractivity contribution in [2.24, 2.45) is 0 Å². The summed E-state index contributed by atoms with van der Waals surface area (Å²) in [6, 6.07) is 4.46. The van der Waals surface area contributed by atoms with Gasteiger partial charge in [-0.2, -0.15) is 9.65 Å². The van der Waals surface area contributed by atoms with E-state index >= 15 is 0 Å². The van der Waals surface area contributed by atoms with Crippen LogP contribution < -0.4 is 10.2 Å². The van der Waals surface area contributed by atoms with Crippen LogP contribution in [0.5, 0.6) is 0 Å². The Morgan fingerprint density at radius 2 is 2.12 bits per heavy atom. The fraction of sp³-hybridized carbons (Fsp3) is 0.500. The van der Waals surface area contributed by atoms with Crippen LogP contribution in [0, 0.1) is 17.3 Å². The van der Waals surface area contributed by atoms with E-state index < -0.39 is 5.95 Å². The zero-order chi connectivity index (χ0) is 11.8. The molecule has 88 valence electrons. The summed E-state index contributed by atoms with van der Waals surface area (Å²) in [5, 5.41) is 12.3. The Labute approximate surface area is 99.1 Å². The molecule has 2 bridgehead atoms. The first kappa shape index (κ1) is 10.5. The number of hydrogen-bond donors (Lipinski definition) is 1. The number of fused-ring (bicyclic) bond motifs is 2. The zero-order valence-electron chi connectivity index (χ0n) is 9.36. The van der Waals surface area contributed by atoms with Crippen LogP contribution in [0.25, 0.3) is 0 Å². The summed E-state index contributed by atoms with van der Waals surface area (Å²) in [6.45, 7) is 1.82. The third-order valence-corrected chi connectivity index (χ3v) is 3.53. The number of nitrogens with zero attached hydrogens (tertiary/aromatic N) is 3. The Kier molecular flexibility index (Phi) is 2.45. The minimum Gasteiger partial charge on any atom is -0.367 e. The second-order valence-electron chi connectivity index (χ2n) is 4.69. The van der Waals surface area contributed by atoms with E-state index in [2.05, 4.69) is 15.2 Å². The maximum absolute atomic E-state index is 13.1. The molecule has 1 N–H and O–H groups in total. The second kappa shape index (κ2) is 3.97. The minimum absolute atomic E-state index is 0.0216. The number of nitriles is 1. The van der Waals surface area contributed by atoms with Gasteiger partial charge in [0.1, 0.15) is 11.6 Å². The maximum atomic E-state index is 13.1. The minimum atomic E-state index is -0.686. The molecular weight excluding hydrogens is 219 g/mol. The van der Waals surface area contributed by atoms with Gasteiger partial charge in [-0.1, -0.05) is 0 Å². The number of aromatic nitrogens is 1. The maximum Gasteiger partial charge on any atom is 0.230 e. The van der Waals surface area contributed by atoms with Crippen LogP contribution in [0.3, 0.4) is 0 Å². The van der Waals surface area contributed by atoms with Crippen molar-refractivity contribution in [3.63, 3.8) is 0 Å². The Balaban J connectivity index is 1.87. The summed E-state index contributed by atoms with van der Waals surface area (Å²) in [6.07, 6.45) is 3.91. The van der Waals surface area contributed by atoms with E-state index in [1.807, 2.05) is 6.07 Å². The highest BCUT2D eigenvalue weighted by Gasteiger charge is 2.32. The molecular formula is C12H13FN4. The number of halogens is 1. The molecule has 0 spiro atoms.